The fraction of sp³-hybridized carbons (Fsp3) is 0.727. The molecule has 4 nitrogen and oxygen atoms in total. The highest BCUT2D eigenvalue weighted by Gasteiger charge is 2.12. The van der Waals surface area contributed by atoms with Crippen LogP contribution in [0.3, 0.4) is 0 Å². The summed E-state index contributed by atoms with van der Waals surface area (Å²) in [6, 6.07) is 0. The van der Waals surface area contributed by atoms with Gasteiger partial charge in [-0.1, -0.05) is 6.92 Å². The summed E-state index contributed by atoms with van der Waals surface area (Å²) in [4.78, 5) is 8.19. The Bertz CT molecular complexity index is 310. The van der Waals surface area contributed by atoms with Gasteiger partial charge in [0.2, 0.25) is 0 Å². The number of hydrogen-bond acceptors (Lipinski definition) is 5. The fourth-order valence-corrected chi connectivity index (χ4v) is 2.64. The predicted molar refractivity (Wildman–Crippen MR) is 65.6 cm³/mol. The van der Waals surface area contributed by atoms with Crippen molar-refractivity contribution >= 4 is 11.3 Å². The summed E-state index contributed by atoms with van der Waals surface area (Å²) in [5.41, 5.74) is 0. The van der Waals surface area contributed by atoms with Crippen LogP contribution in [0.4, 0.5) is 0 Å². The second kappa shape index (κ2) is 6.30. The average Bonchev–Trinajstić information content (AvgIpc) is 2.75. The molecule has 0 aromatic carbocycles. The molecule has 0 amide bonds. The summed E-state index contributed by atoms with van der Waals surface area (Å²) < 4.78 is 5.33. The van der Waals surface area contributed by atoms with E-state index in [9.17, 15) is 0 Å². The van der Waals surface area contributed by atoms with E-state index in [1.807, 2.05) is 17.5 Å². The fourth-order valence-electron chi connectivity index (χ4n) is 1.70. The van der Waals surface area contributed by atoms with Crippen molar-refractivity contribution in [1.29, 1.82) is 0 Å². The maximum Gasteiger partial charge on any atom is 0.107 e. The van der Waals surface area contributed by atoms with Crippen LogP contribution in [-0.4, -0.2) is 42.7 Å². The largest absolute Gasteiger partial charge is 0.379 e. The maximum atomic E-state index is 5.33. The Morgan fingerprint density at radius 3 is 3.06 bits per heavy atom. The third kappa shape index (κ3) is 3.52. The lowest BCUT2D eigenvalue weighted by molar-refractivity contribution is 0.0341. The third-order valence-corrected chi connectivity index (χ3v) is 3.60. The van der Waals surface area contributed by atoms with E-state index in [4.69, 9.17) is 4.74 Å². The number of ether oxygens (including phenoxy) is 1. The maximum absolute atomic E-state index is 5.33. The summed E-state index contributed by atoms with van der Waals surface area (Å²) in [5.74, 6) is 0. The normalized spacial score (nSPS) is 17.8. The smallest absolute Gasteiger partial charge is 0.107 e. The van der Waals surface area contributed by atoms with Gasteiger partial charge in [-0.2, -0.15) is 0 Å². The third-order valence-electron chi connectivity index (χ3n) is 2.61. The molecule has 1 fully saturated rings. The molecule has 0 saturated carbocycles. The quantitative estimate of drug-likeness (QED) is 0.837. The molecule has 1 saturated heterocycles. The first-order valence-corrected chi connectivity index (χ1v) is 6.64. The zero-order valence-electron chi connectivity index (χ0n) is 9.74. The first-order valence-electron chi connectivity index (χ1n) is 5.83. The summed E-state index contributed by atoms with van der Waals surface area (Å²) in [6.07, 6.45) is 1.99. The number of hydrogen-bond donors (Lipinski definition) is 1. The summed E-state index contributed by atoms with van der Waals surface area (Å²) in [5, 5.41) is 4.54. The van der Waals surface area contributed by atoms with Gasteiger partial charge in [-0.15, -0.1) is 11.3 Å². The van der Waals surface area contributed by atoms with Crippen molar-refractivity contribution < 1.29 is 4.74 Å². The summed E-state index contributed by atoms with van der Waals surface area (Å²) >= 11 is 1.81. The molecule has 2 heterocycles. The number of morpholine rings is 1. The van der Waals surface area contributed by atoms with Gasteiger partial charge in [0, 0.05) is 30.7 Å². The van der Waals surface area contributed by atoms with Gasteiger partial charge in [0.15, 0.2) is 0 Å². The van der Waals surface area contributed by atoms with Gasteiger partial charge in [-0.05, 0) is 6.54 Å². The molecule has 0 unspecified atom stereocenters. The number of rotatable bonds is 5. The first-order chi connectivity index (χ1) is 7.88. The Hall–Kier alpha value is -0.490. The molecule has 90 valence electrons. The molecule has 1 aliphatic heterocycles. The summed E-state index contributed by atoms with van der Waals surface area (Å²) in [7, 11) is 0. The SMILES string of the molecule is CCNCc1cnc(CN2CCOCC2)s1. The molecular weight excluding hydrogens is 222 g/mol. The highest BCUT2D eigenvalue weighted by atomic mass is 32.1. The highest BCUT2D eigenvalue weighted by molar-refractivity contribution is 7.11. The van der Waals surface area contributed by atoms with E-state index in [1.54, 1.807) is 0 Å². The molecule has 5 heteroatoms. The molecular formula is C11H19N3OS. The van der Waals surface area contributed by atoms with Crippen LogP contribution in [0.25, 0.3) is 0 Å². The monoisotopic (exact) mass is 241 g/mol. The molecule has 0 aliphatic carbocycles. The van der Waals surface area contributed by atoms with Crippen molar-refractivity contribution in [2.24, 2.45) is 0 Å². The van der Waals surface area contributed by atoms with Crippen molar-refractivity contribution in [3.8, 4) is 0 Å². The Balaban J connectivity index is 1.81. The standard InChI is InChI=1S/C11H19N3OS/c1-2-12-7-10-8-13-11(16-10)9-14-3-5-15-6-4-14/h8,12H,2-7,9H2,1H3. The van der Waals surface area contributed by atoms with Crippen LogP contribution >= 0.6 is 11.3 Å². The van der Waals surface area contributed by atoms with Gasteiger partial charge in [-0.3, -0.25) is 4.90 Å². The Morgan fingerprint density at radius 2 is 2.31 bits per heavy atom. The lowest BCUT2D eigenvalue weighted by atomic mass is 10.4. The van der Waals surface area contributed by atoms with E-state index in [1.165, 1.54) is 9.88 Å². The van der Waals surface area contributed by atoms with E-state index in [0.717, 1.165) is 45.9 Å². The van der Waals surface area contributed by atoms with Gasteiger partial charge in [0.05, 0.1) is 19.8 Å². The van der Waals surface area contributed by atoms with Crippen molar-refractivity contribution in [2.45, 2.75) is 20.0 Å². The average molecular weight is 241 g/mol. The molecule has 0 atom stereocenters. The number of thiazole rings is 1. The van der Waals surface area contributed by atoms with Crippen LogP contribution in [0.5, 0.6) is 0 Å². The molecule has 0 radical (unpaired) electrons. The van der Waals surface area contributed by atoms with Crippen molar-refractivity contribution in [3.63, 3.8) is 0 Å². The number of aromatic nitrogens is 1. The molecule has 1 aromatic heterocycles. The van der Waals surface area contributed by atoms with Crippen LogP contribution < -0.4 is 5.32 Å². The van der Waals surface area contributed by atoms with Crippen LogP contribution in [0.1, 0.15) is 16.8 Å². The van der Waals surface area contributed by atoms with Crippen LogP contribution in [-0.2, 0) is 17.8 Å². The van der Waals surface area contributed by atoms with Crippen molar-refractivity contribution in [3.05, 3.63) is 16.1 Å². The van der Waals surface area contributed by atoms with E-state index < -0.39 is 0 Å². The minimum atomic E-state index is 0.857. The minimum Gasteiger partial charge on any atom is -0.379 e. The van der Waals surface area contributed by atoms with Crippen molar-refractivity contribution in [1.82, 2.24) is 15.2 Å². The minimum absolute atomic E-state index is 0.857. The molecule has 0 bridgehead atoms. The molecule has 1 aliphatic rings. The van der Waals surface area contributed by atoms with E-state index in [2.05, 4.69) is 22.1 Å². The van der Waals surface area contributed by atoms with Gasteiger partial charge in [0.1, 0.15) is 5.01 Å². The van der Waals surface area contributed by atoms with Crippen LogP contribution in [0.15, 0.2) is 6.20 Å². The van der Waals surface area contributed by atoms with Gasteiger partial charge in [-0.25, -0.2) is 4.98 Å². The van der Waals surface area contributed by atoms with Crippen LogP contribution in [0, 0.1) is 0 Å². The van der Waals surface area contributed by atoms with Gasteiger partial charge in [0.25, 0.3) is 0 Å². The lowest BCUT2D eigenvalue weighted by Gasteiger charge is -2.25. The van der Waals surface area contributed by atoms with Gasteiger partial charge < -0.3 is 10.1 Å². The van der Waals surface area contributed by atoms with Crippen LogP contribution in [0.2, 0.25) is 0 Å². The number of nitrogens with zero attached hydrogens (tertiary/aromatic N) is 2. The second-order valence-electron chi connectivity index (χ2n) is 3.89. The Kier molecular flexibility index (Phi) is 4.71. The zero-order chi connectivity index (χ0) is 11.2. The van der Waals surface area contributed by atoms with E-state index >= 15 is 0 Å². The van der Waals surface area contributed by atoms with Gasteiger partial charge >= 0.3 is 0 Å². The van der Waals surface area contributed by atoms with Crippen molar-refractivity contribution in [2.75, 3.05) is 32.8 Å². The molecule has 2 rings (SSSR count). The van der Waals surface area contributed by atoms with E-state index in [0.29, 0.717) is 0 Å². The zero-order valence-corrected chi connectivity index (χ0v) is 10.6. The Morgan fingerprint density at radius 1 is 1.50 bits per heavy atom. The Labute approximate surface area is 101 Å². The van der Waals surface area contributed by atoms with E-state index in [-0.39, 0.29) is 0 Å². The lowest BCUT2D eigenvalue weighted by Crippen LogP contribution is -2.35. The topological polar surface area (TPSA) is 37.4 Å². The number of nitrogens with one attached hydrogen (secondary N) is 1. The second-order valence-corrected chi connectivity index (χ2v) is 5.09. The first kappa shape index (κ1) is 12.0. The molecule has 0 spiro atoms. The summed E-state index contributed by atoms with van der Waals surface area (Å²) in [6.45, 7) is 8.82. The molecule has 16 heavy (non-hydrogen) atoms. The highest BCUT2D eigenvalue weighted by Crippen LogP contribution is 2.15. The molecule has 1 aromatic rings. The molecule has 1 N–H and O–H groups in total. The predicted octanol–water partition coefficient (Wildman–Crippen LogP) is 1.08.